The summed E-state index contributed by atoms with van der Waals surface area (Å²) in [5.74, 6) is 1.02. The molecule has 1 aromatic rings. The number of halogens is 1. The fraction of sp³-hybridized carbons (Fsp3) is 0.632. The second-order valence-corrected chi connectivity index (χ2v) is 6.42. The molecule has 1 aliphatic rings. The zero-order valence-corrected chi connectivity index (χ0v) is 15.9. The second kappa shape index (κ2) is 11.5. The van der Waals surface area contributed by atoms with Crippen molar-refractivity contribution in [1.29, 1.82) is 0 Å². The number of hydrogen-bond acceptors (Lipinski definition) is 3. The van der Waals surface area contributed by atoms with E-state index in [-0.39, 0.29) is 18.3 Å². The van der Waals surface area contributed by atoms with Crippen LogP contribution in [-0.4, -0.2) is 55.0 Å². The van der Waals surface area contributed by atoms with E-state index in [4.69, 9.17) is 0 Å². The van der Waals surface area contributed by atoms with Crippen molar-refractivity contribution < 1.29 is 4.79 Å². The SMILES string of the molecule is CCNCC1CCN(CC(=O)N(CC)Cc2ccccc2)CC1.Cl. The number of amides is 1. The largest absolute Gasteiger partial charge is 0.338 e. The van der Waals surface area contributed by atoms with E-state index in [9.17, 15) is 4.79 Å². The topological polar surface area (TPSA) is 35.6 Å². The lowest BCUT2D eigenvalue weighted by Gasteiger charge is -2.33. The van der Waals surface area contributed by atoms with Gasteiger partial charge in [-0.15, -0.1) is 12.4 Å². The molecule has 24 heavy (non-hydrogen) atoms. The van der Waals surface area contributed by atoms with Crippen molar-refractivity contribution >= 4 is 18.3 Å². The predicted molar refractivity (Wildman–Crippen MR) is 102 cm³/mol. The zero-order chi connectivity index (χ0) is 16.5. The highest BCUT2D eigenvalue weighted by Crippen LogP contribution is 2.16. The van der Waals surface area contributed by atoms with Crippen molar-refractivity contribution in [3.05, 3.63) is 35.9 Å². The summed E-state index contributed by atoms with van der Waals surface area (Å²) < 4.78 is 0. The molecule has 1 heterocycles. The maximum Gasteiger partial charge on any atom is 0.237 e. The number of rotatable bonds is 8. The number of likely N-dealkylation sites (N-methyl/N-ethyl adjacent to an activating group) is 1. The molecule has 1 N–H and O–H groups in total. The summed E-state index contributed by atoms with van der Waals surface area (Å²) in [5.41, 5.74) is 1.20. The minimum Gasteiger partial charge on any atom is -0.338 e. The van der Waals surface area contributed by atoms with Crippen LogP contribution in [0.4, 0.5) is 0 Å². The number of likely N-dealkylation sites (tertiary alicyclic amines) is 1. The number of carbonyl (C=O) groups excluding carboxylic acids is 1. The Morgan fingerprint density at radius 2 is 1.88 bits per heavy atom. The smallest absolute Gasteiger partial charge is 0.237 e. The Morgan fingerprint density at radius 1 is 1.21 bits per heavy atom. The molecule has 0 aliphatic carbocycles. The molecule has 0 unspecified atom stereocenters. The van der Waals surface area contributed by atoms with Crippen molar-refractivity contribution in [1.82, 2.24) is 15.1 Å². The van der Waals surface area contributed by atoms with Gasteiger partial charge in [-0.1, -0.05) is 37.3 Å². The maximum atomic E-state index is 12.6. The molecule has 0 atom stereocenters. The van der Waals surface area contributed by atoms with E-state index in [0.29, 0.717) is 13.1 Å². The first kappa shape index (κ1) is 20.9. The van der Waals surface area contributed by atoms with E-state index >= 15 is 0 Å². The predicted octanol–water partition coefficient (Wildman–Crippen LogP) is 2.78. The van der Waals surface area contributed by atoms with Crippen LogP contribution in [0.15, 0.2) is 30.3 Å². The fourth-order valence-corrected chi connectivity index (χ4v) is 3.17. The van der Waals surface area contributed by atoms with Gasteiger partial charge in [0.05, 0.1) is 6.54 Å². The number of carbonyl (C=O) groups is 1. The van der Waals surface area contributed by atoms with E-state index in [2.05, 4.69) is 36.2 Å². The van der Waals surface area contributed by atoms with Crippen LogP contribution in [0.5, 0.6) is 0 Å². The van der Waals surface area contributed by atoms with Gasteiger partial charge in [-0.25, -0.2) is 0 Å². The van der Waals surface area contributed by atoms with E-state index in [1.165, 1.54) is 18.4 Å². The van der Waals surface area contributed by atoms with Gasteiger partial charge in [0.2, 0.25) is 5.91 Å². The standard InChI is InChI=1S/C19H31N3O.ClH/c1-3-20-14-17-10-12-21(13-11-17)16-19(23)22(4-2)15-18-8-6-5-7-9-18;/h5-9,17,20H,3-4,10-16H2,1-2H3;1H. The zero-order valence-electron chi connectivity index (χ0n) is 15.0. The molecule has 1 amide bonds. The highest BCUT2D eigenvalue weighted by molar-refractivity contribution is 5.85. The van der Waals surface area contributed by atoms with Gasteiger partial charge in [0.15, 0.2) is 0 Å². The van der Waals surface area contributed by atoms with Gasteiger partial charge in [0.1, 0.15) is 0 Å². The third-order valence-electron chi connectivity index (χ3n) is 4.70. The molecule has 0 bridgehead atoms. The highest BCUT2D eigenvalue weighted by Gasteiger charge is 2.22. The number of hydrogen-bond donors (Lipinski definition) is 1. The lowest BCUT2D eigenvalue weighted by atomic mass is 9.97. The summed E-state index contributed by atoms with van der Waals surface area (Å²) in [7, 11) is 0. The molecule has 5 heteroatoms. The number of nitrogens with one attached hydrogen (secondary N) is 1. The second-order valence-electron chi connectivity index (χ2n) is 6.42. The number of nitrogens with zero attached hydrogens (tertiary/aromatic N) is 2. The molecule has 136 valence electrons. The van der Waals surface area contributed by atoms with Gasteiger partial charge in [-0.2, -0.15) is 0 Å². The van der Waals surface area contributed by atoms with Gasteiger partial charge >= 0.3 is 0 Å². The summed E-state index contributed by atoms with van der Waals surface area (Å²) in [6.45, 7) is 10.5. The Morgan fingerprint density at radius 3 is 2.46 bits per heavy atom. The first-order valence-electron chi connectivity index (χ1n) is 8.97. The highest BCUT2D eigenvalue weighted by atomic mass is 35.5. The van der Waals surface area contributed by atoms with Crippen molar-refractivity contribution in [2.24, 2.45) is 5.92 Å². The number of benzene rings is 1. The Balaban J connectivity index is 0.00000288. The van der Waals surface area contributed by atoms with Crippen LogP contribution in [-0.2, 0) is 11.3 Å². The van der Waals surface area contributed by atoms with Crippen molar-refractivity contribution in [2.45, 2.75) is 33.2 Å². The van der Waals surface area contributed by atoms with E-state index in [0.717, 1.165) is 38.6 Å². The summed E-state index contributed by atoms with van der Waals surface area (Å²) >= 11 is 0. The molecule has 1 aromatic carbocycles. The normalized spacial score (nSPS) is 15.8. The molecule has 1 fully saturated rings. The molecular weight excluding hydrogens is 322 g/mol. The first-order chi connectivity index (χ1) is 11.2. The summed E-state index contributed by atoms with van der Waals surface area (Å²) in [5, 5.41) is 3.43. The van der Waals surface area contributed by atoms with Crippen molar-refractivity contribution in [3.8, 4) is 0 Å². The minimum absolute atomic E-state index is 0. The van der Waals surface area contributed by atoms with E-state index < -0.39 is 0 Å². The van der Waals surface area contributed by atoms with Gasteiger partial charge < -0.3 is 10.2 Å². The summed E-state index contributed by atoms with van der Waals surface area (Å²) in [6, 6.07) is 10.2. The Bertz CT molecular complexity index is 461. The van der Waals surface area contributed by atoms with Crippen LogP contribution in [0.3, 0.4) is 0 Å². The van der Waals surface area contributed by atoms with Crippen LogP contribution >= 0.6 is 12.4 Å². The quantitative estimate of drug-likeness (QED) is 0.780. The fourth-order valence-electron chi connectivity index (χ4n) is 3.17. The van der Waals surface area contributed by atoms with Crippen LogP contribution in [0.1, 0.15) is 32.3 Å². The Labute approximate surface area is 153 Å². The van der Waals surface area contributed by atoms with Crippen molar-refractivity contribution in [3.63, 3.8) is 0 Å². The third kappa shape index (κ3) is 6.80. The molecule has 4 nitrogen and oxygen atoms in total. The molecule has 0 aromatic heterocycles. The molecule has 1 aliphatic heterocycles. The minimum atomic E-state index is 0. The molecular formula is C19H32ClN3O. The average molecular weight is 354 g/mol. The van der Waals surface area contributed by atoms with Gasteiger partial charge in [0, 0.05) is 13.1 Å². The van der Waals surface area contributed by atoms with Gasteiger partial charge in [-0.05, 0) is 57.4 Å². The lowest BCUT2D eigenvalue weighted by Crippen LogP contribution is -2.44. The molecule has 2 rings (SSSR count). The van der Waals surface area contributed by atoms with Crippen molar-refractivity contribution in [2.75, 3.05) is 39.3 Å². The molecule has 0 saturated carbocycles. The van der Waals surface area contributed by atoms with Crippen LogP contribution in [0, 0.1) is 5.92 Å². The van der Waals surface area contributed by atoms with E-state index in [1.54, 1.807) is 0 Å². The summed E-state index contributed by atoms with van der Waals surface area (Å²) in [4.78, 5) is 16.8. The Kier molecular flexibility index (Phi) is 9.99. The maximum absolute atomic E-state index is 12.6. The first-order valence-corrected chi connectivity index (χ1v) is 8.97. The average Bonchev–Trinajstić information content (AvgIpc) is 2.60. The van der Waals surface area contributed by atoms with Crippen LogP contribution in [0.25, 0.3) is 0 Å². The molecule has 1 saturated heterocycles. The van der Waals surface area contributed by atoms with Crippen LogP contribution < -0.4 is 5.32 Å². The third-order valence-corrected chi connectivity index (χ3v) is 4.70. The molecule has 0 spiro atoms. The number of piperidine rings is 1. The van der Waals surface area contributed by atoms with E-state index in [1.807, 2.05) is 23.1 Å². The van der Waals surface area contributed by atoms with Gasteiger partial charge in [-0.3, -0.25) is 9.69 Å². The summed E-state index contributed by atoms with van der Waals surface area (Å²) in [6.07, 6.45) is 2.40. The Hall–Kier alpha value is -1.10. The van der Waals surface area contributed by atoms with Gasteiger partial charge in [0.25, 0.3) is 0 Å². The lowest BCUT2D eigenvalue weighted by molar-refractivity contribution is -0.133. The monoisotopic (exact) mass is 353 g/mol. The molecule has 0 radical (unpaired) electrons. The van der Waals surface area contributed by atoms with Crippen LogP contribution in [0.2, 0.25) is 0 Å².